The van der Waals surface area contributed by atoms with Crippen LogP contribution in [0.25, 0.3) is 10.9 Å². The van der Waals surface area contributed by atoms with Crippen LogP contribution in [-0.2, 0) is 0 Å². The van der Waals surface area contributed by atoms with Crippen LogP contribution in [-0.4, -0.2) is 35.4 Å². The lowest BCUT2D eigenvalue weighted by molar-refractivity contribution is 0.0690. The highest BCUT2D eigenvalue weighted by Gasteiger charge is 2.24. The molecule has 0 saturated carbocycles. The monoisotopic (exact) mass is 283 g/mol. The molecule has 1 fully saturated rings. The summed E-state index contributed by atoms with van der Waals surface area (Å²) in [5.41, 5.74) is 7.26. The predicted octanol–water partition coefficient (Wildman–Crippen LogP) is 2.44. The smallest absolute Gasteiger partial charge is 0.254 e. The van der Waals surface area contributed by atoms with E-state index in [1.165, 1.54) is 0 Å². The van der Waals surface area contributed by atoms with Gasteiger partial charge in [-0.05, 0) is 49.9 Å². The van der Waals surface area contributed by atoms with Gasteiger partial charge in [-0.25, -0.2) is 0 Å². The first-order valence-electron chi connectivity index (χ1n) is 7.62. The Morgan fingerprint density at radius 3 is 2.81 bits per heavy atom. The molecule has 2 aromatic rings. The largest absolute Gasteiger partial charge is 0.339 e. The molecule has 0 unspecified atom stereocenters. The van der Waals surface area contributed by atoms with Crippen molar-refractivity contribution in [2.75, 3.05) is 19.6 Å². The molecule has 1 aliphatic heterocycles. The fourth-order valence-electron chi connectivity index (χ4n) is 3.12. The van der Waals surface area contributed by atoms with Crippen molar-refractivity contribution in [3.63, 3.8) is 0 Å². The highest BCUT2D eigenvalue weighted by Crippen LogP contribution is 2.23. The molecule has 1 aliphatic rings. The Balaban J connectivity index is 1.79. The van der Waals surface area contributed by atoms with Crippen molar-refractivity contribution < 1.29 is 4.79 Å². The summed E-state index contributed by atoms with van der Waals surface area (Å²) >= 11 is 0. The SMILES string of the molecule is NCCC1CCN(C(=O)c2cccc3ncccc23)CC1. The number of hydrogen-bond donors (Lipinski definition) is 1. The number of pyridine rings is 1. The number of piperidine rings is 1. The Kier molecular flexibility index (Phi) is 4.15. The van der Waals surface area contributed by atoms with Gasteiger partial charge in [-0.3, -0.25) is 9.78 Å². The first-order chi connectivity index (χ1) is 10.3. The van der Waals surface area contributed by atoms with Gasteiger partial charge in [0.15, 0.2) is 0 Å². The van der Waals surface area contributed by atoms with E-state index in [-0.39, 0.29) is 5.91 Å². The van der Waals surface area contributed by atoms with E-state index in [1.54, 1.807) is 6.20 Å². The zero-order chi connectivity index (χ0) is 14.7. The van der Waals surface area contributed by atoms with E-state index in [1.807, 2.05) is 35.2 Å². The molecule has 1 saturated heterocycles. The van der Waals surface area contributed by atoms with Crippen molar-refractivity contribution in [2.45, 2.75) is 19.3 Å². The molecule has 4 nitrogen and oxygen atoms in total. The highest BCUT2D eigenvalue weighted by molar-refractivity contribution is 6.06. The molecule has 110 valence electrons. The number of fused-ring (bicyclic) bond motifs is 1. The molecule has 0 spiro atoms. The lowest BCUT2D eigenvalue weighted by Gasteiger charge is -2.32. The molecule has 1 amide bonds. The average Bonchev–Trinajstić information content (AvgIpc) is 2.55. The maximum atomic E-state index is 12.8. The maximum Gasteiger partial charge on any atom is 0.254 e. The molecule has 2 N–H and O–H groups in total. The minimum atomic E-state index is 0.125. The molecule has 0 aliphatic carbocycles. The molecule has 21 heavy (non-hydrogen) atoms. The summed E-state index contributed by atoms with van der Waals surface area (Å²) in [6.45, 7) is 2.41. The van der Waals surface area contributed by atoms with Gasteiger partial charge < -0.3 is 10.6 Å². The molecular formula is C17H21N3O. The van der Waals surface area contributed by atoms with Gasteiger partial charge in [-0.15, -0.1) is 0 Å². The van der Waals surface area contributed by atoms with Crippen molar-refractivity contribution in [3.05, 3.63) is 42.1 Å². The molecule has 0 radical (unpaired) electrons. The molecule has 0 bridgehead atoms. The number of rotatable bonds is 3. The van der Waals surface area contributed by atoms with Crippen LogP contribution in [0.1, 0.15) is 29.6 Å². The van der Waals surface area contributed by atoms with Crippen molar-refractivity contribution in [2.24, 2.45) is 11.7 Å². The zero-order valence-electron chi connectivity index (χ0n) is 12.2. The summed E-state index contributed by atoms with van der Waals surface area (Å²) < 4.78 is 0. The fourth-order valence-corrected chi connectivity index (χ4v) is 3.12. The first kappa shape index (κ1) is 14.0. The fraction of sp³-hybridized carbons (Fsp3) is 0.412. The Morgan fingerprint density at radius 1 is 1.24 bits per heavy atom. The van der Waals surface area contributed by atoms with Crippen molar-refractivity contribution in [1.82, 2.24) is 9.88 Å². The topological polar surface area (TPSA) is 59.2 Å². The van der Waals surface area contributed by atoms with Crippen LogP contribution in [0.3, 0.4) is 0 Å². The summed E-state index contributed by atoms with van der Waals surface area (Å²) in [4.78, 5) is 19.0. The number of amides is 1. The van der Waals surface area contributed by atoms with Gasteiger partial charge in [-0.1, -0.05) is 12.1 Å². The van der Waals surface area contributed by atoms with Gasteiger partial charge in [0, 0.05) is 30.2 Å². The average molecular weight is 283 g/mol. The third-order valence-electron chi connectivity index (χ3n) is 4.35. The number of aromatic nitrogens is 1. The van der Waals surface area contributed by atoms with E-state index in [4.69, 9.17) is 5.73 Å². The summed E-state index contributed by atoms with van der Waals surface area (Å²) in [6.07, 6.45) is 4.95. The van der Waals surface area contributed by atoms with Gasteiger partial charge in [0.05, 0.1) is 5.52 Å². The predicted molar refractivity (Wildman–Crippen MR) is 84.0 cm³/mol. The van der Waals surface area contributed by atoms with Crippen LogP contribution in [0.4, 0.5) is 0 Å². The summed E-state index contributed by atoms with van der Waals surface area (Å²) in [6, 6.07) is 9.60. The van der Waals surface area contributed by atoms with Gasteiger partial charge in [0.25, 0.3) is 5.91 Å². The zero-order valence-corrected chi connectivity index (χ0v) is 12.2. The molecule has 1 aromatic heterocycles. The number of nitrogens with two attached hydrogens (primary N) is 1. The molecule has 1 aromatic carbocycles. The van der Waals surface area contributed by atoms with E-state index < -0.39 is 0 Å². The van der Waals surface area contributed by atoms with Crippen LogP contribution in [0.5, 0.6) is 0 Å². The second-order valence-corrected chi connectivity index (χ2v) is 5.69. The number of carbonyl (C=O) groups is 1. The molecule has 4 heteroatoms. The Bertz CT molecular complexity index is 627. The van der Waals surface area contributed by atoms with Crippen molar-refractivity contribution in [1.29, 1.82) is 0 Å². The third kappa shape index (κ3) is 2.90. The third-order valence-corrected chi connectivity index (χ3v) is 4.35. The molecule has 0 atom stereocenters. The summed E-state index contributed by atoms with van der Waals surface area (Å²) in [5.74, 6) is 0.799. The van der Waals surface area contributed by atoms with E-state index in [9.17, 15) is 4.79 Å². The Morgan fingerprint density at radius 2 is 2.05 bits per heavy atom. The Labute approximate surface area is 125 Å². The summed E-state index contributed by atoms with van der Waals surface area (Å²) in [7, 11) is 0. The van der Waals surface area contributed by atoms with Gasteiger partial charge in [0.2, 0.25) is 0 Å². The maximum absolute atomic E-state index is 12.8. The standard InChI is InChI=1S/C17H21N3O/c18-9-6-13-7-11-20(12-8-13)17(21)15-3-1-5-16-14(15)4-2-10-19-16/h1-5,10,13H,6-9,11-12,18H2. The van der Waals surface area contributed by atoms with Crippen LogP contribution in [0, 0.1) is 5.92 Å². The summed E-state index contributed by atoms with van der Waals surface area (Å²) in [5, 5.41) is 0.939. The van der Waals surface area contributed by atoms with Crippen LogP contribution < -0.4 is 5.73 Å². The van der Waals surface area contributed by atoms with E-state index in [0.29, 0.717) is 5.92 Å². The first-order valence-corrected chi connectivity index (χ1v) is 7.62. The normalized spacial score (nSPS) is 16.3. The van der Waals surface area contributed by atoms with Crippen molar-refractivity contribution in [3.8, 4) is 0 Å². The quantitative estimate of drug-likeness (QED) is 0.941. The van der Waals surface area contributed by atoms with Gasteiger partial charge in [-0.2, -0.15) is 0 Å². The van der Waals surface area contributed by atoms with Crippen LogP contribution in [0.15, 0.2) is 36.5 Å². The lowest BCUT2D eigenvalue weighted by Crippen LogP contribution is -2.38. The number of nitrogens with zero attached hydrogens (tertiary/aromatic N) is 2. The number of likely N-dealkylation sites (tertiary alicyclic amines) is 1. The Hall–Kier alpha value is -1.94. The molecular weight excluding hydrogens is 262 g/mol. The second kappa shape index (κ2) is 6.22. The van der Waals surface area contributed by atoms with E-state index in [0.717, 1.165) is 55.4 Å². The van der Waals surface area contributed by atoms with E-state index >= 15 is 0 Å². The lowest BCUT2D eigenvalue weighted by atomic mass is 9.93. The minimum absolute atomic E-state index is 0.125. The van der Waals surface area contributed by atoms with Crippen LogP contribution in [0.2, 0.25) is 0 Å². The minimum Gasteiger partial charge on any atom is -0.339 e. The molecule has 3 rings (SSSR count). The number of carbonyl (C=O) groups excluding carboxylic acids is 1. The van der Waals surface area contributed by atoms with Crippen LogP contribution >= 0.6 is 0 Å². The number of benzene rings is 1. The second-order valence-electron chi connectivity index (χ2n) is 5.69. The van der Waals surface area contributed by atoms with Gasteiger partial charge in [0.1, 0.15) is 0 Å². The number of hydrogen-bond acceptors (Lipinski definition) is 3. The van der Waals surface area contributed by atoms with E-state index in [2.05, 4.69) is 4.98 Å². The highest BCUT2D eigenvalue weighted by atomic mass is 16.2. The van der Waals surface area contributed by atoms with Crippen molar-refractivity contribution >= 4 is 16.8 Å². The van der Waals surface area contributed by atoms with Gasteiger partial charge >= 0.3 is 0 Å². The molecule has 2 heterocycles.